The molecule has 0 aliphatic carbocycles. The maximum atomic E-state index is 11.9. The summed E-state index contributed by atoms with van der Waals surface area (Å²) in [5.74, 6) is 0.579. The number of hydrogen-bond acceptors (Lipinski definition) is 7. The van der Waals surface area contributed by atoms with Crippen LogP contribution in [0.5, 0.6) is 0 Å². The van der Waals surface area contributed by atoms with Crippen LogP contribution in [-0.4, -0.2) is 40.2 Å². The molecule has 0 aromatic carbocycles. The van der Waals surface area contributed by atoms with E-state index < -0.39 is 0 Å². The first-order chi connectivity index (χ1) is 9.72. The predicted molar refractivity (Wildman–Crippen MR) is 71.9 cm³/mol. The molecule has 9 heteroatoms. The Morgan fingerprint density at radius 3 is 3.10 bits per heavy atom. The summed E-state index contributed by atoms with van der Waals surface area (Å²) in [5.41, 5.74) is 0.127. The lowest BCUT2D eigenvalue weighted by Crippen LogP contribution is -2.26. The quantitative estimate of drug-likeness (QED) is 0.799. The molecule has 2 aromatic heterocycles. The number of nitrogens with zero attached hydrogens (tertiary/aromatic N) is 4. The maximum Gasteiger partial charge on any atom is 0.287 e. The van der Waals surface area contributed by atoms with E-state index in [-0.39, 0.29) is 10.6 Å². The minimum Gasteiger partial charge on any atom is -0.383 e. The van der Waals surface area contributed by atoms with E-state index in [9.17, 15) is 4.79 Å². The van der Waals surface area contributed by atoms with Crippen molar-refractivity contribution in [2.24, 2.45) is 0 Å². The number of anilines is 1. The van der Waals surface area contributed by atoms with Crippen molar-refractivity contribution >= 4 is 17.3 Å². The van der Waals surface area contributed by atoms with Gasteiger partial charge in [-0.3, -0.25) is 4.79 Å². The van der Waals surface area contributed by atoms with Crippen molar-refractivity contribution in [2.45, 2.75) is 13.0 Å². The first-order valence-corrected chi connectivity index (χ1v) is 6.34. The van der Waals surface area contributed by atoms with E-state index in [0.717, 1.165) is 0 Å². The molecule has 0 saturated carbocycles. The van der Waals surface area contributed by atoms with E-state index in [4.69, 9.17) is 16.3 Å². The highest BCUT2D eigenvalue weighted by atomic mass is 35.5. The van der Waals surface area contributed by atoms with Gasteiger partial charge in [0.15, 0.2) is 5.82 Å². The third-order valence-corrected chi connectivity index (χ3v) is 2.93. The van der Waals surface area contributed by atoms with Crippen molar-refractivity contribution in [3.8, 4) is 0 Å². The number of aromatic nitrogens is 4. The highest BCUT2D eigenvalue weighted by Gasteiger charge is 2.09. The summed E-state index contributed by atoms with van der Waals surface area (Å²) in [6, 6.07) is 0. The van der Waals surface area contributed by atoms with Gasteiger partial charge < -0.3 is 14.6 Å². The number of rotatable bonds is 7. The van der Waals surface area contributed by atoms with Crippen molar-refractivity contribution in [3.63, 3.8) is 0 Å². The van der Waals surface area contributed by atoms with Crippen LogP contribution in [0.25, 0.3) is 0 Å². The molecular weight excluding hydrogens is 286 g/mol. The fraction of sp³-hybridized carbons (Fsp3) is 0.455. The normalized spacial score (nSPS) is 10.7. The first kappa shape index (κ1) is 14.5. The molecule has 0 aliphatic rings. The average molecular weight is 300 g/mol. The Hall–Kier alpha value is -1.93. The van der Waals surface area contributed by atoms with Gasteiger partial charge >= 0.3 is 0 Å². The van der Waals surface area contributed by atoms with Gasteiger partial charge in [-0.15, -0.1) is 0 Å². The van der Waals surface area contributed by atoms with E-state index in [2.05, 4.69) is 25.1 Å². The molecule has 1 N–H and O–H groups in total. The Kier molecular flexibility index (Phi) is 5.08. The second-order valence-corrected chi connectivity index (χ2v) is 4.30. The van der Waals surface area contributed by atoms with Crippen molar-refractivity contribution < 1.29 is 9.26 Å². The molecule has 20 heavy (non-hydrogen) atoms. The highest BCUT2D eigenvalue weighted by Crippen LogP contribution is 2.14. The second kappa shape index (κ2) is 7.01. The van der Waals surface area contributed by atoms with Crippen LogP contribution in [0, 0.1) is 0 Å². The van der Waals surface area contributed by atoms with E-state index in [1.165, 1.54) is 17.3 Å². The first-order valence-electron chi connectivity index (χ1n) is 5.96. The Morgan fingerprint density at radius 2 is 2.40 bits per heavy atom. The van der Waals surface area contributed by atoms with Crippen molar-refractivity contribution in [1.82, 2.24) is 19.9 Å². The summed E-state index contributed by atoms with van der Waals surface area (Å²) in [6.45, 7) is 1.27. The van der Waals surface area contributed by atoms with Crippen LogP contribution in [-0.2, 0) is 17.7 Å². The number of ether oxygens (including phenoxy) is 1. The lowest BCUT2D eigenvalue weighted by atomic mass is 10.3. The number of methoxy groups -OCH3 is 1. The Morgan fingerprint density at radius 1 is 1.55 bits per heavy atom. The van der Waals surface area contributed by atoms with Gasteiger partial charge in [0.1, 0.15) is 5.02 Å². The fourth-order valence-electron chi connectivity index (χ4n) is 1.54. The Balaban J connectivity index is 1.98. The van der Waals surface area contributed by atoms with Gasteiger partial charge in [0.2, 0.25) is 6.39 Å². The van der Waals surface area contributed by atoms with Crippen LogP contribution in [0.3, 0.4) is 0 Å². The van der Waals surface area contributed by atoms with Gasteiger partial charge in [-0.2, -0.15) is 10.1 Å². The molecule has 0 fully saturated rings. The van der Waals surface area contributed by atoms with Crippen LogP contribution in [0.4, 0.5) is 5.69 Å². The molecule has 0 saturated heterocycles. The molecule has 108 valence electrons. The minimum absolute atomic E-state index is 0.101. The van der Waals surface area contributed by atoms with Crippen LogP contribution in [0.15, 0.2) is 21.9 Å². The van der Waals surface area contributed by atoms with Gasteiger partial charge in [0.25, 0.3) is 5.56 Å². The second-order valence-electron chi connectivity index (χ2n) is 3.92. The smallest absolute Gasteiger partial charge is 0.287 e. The lowest BCUT2D eigenvalue weighted by molar-refractivity contribution is 0.182. The van der Waals surface area contributed by atoms with Crippen molar-refractivity contribution in [1.29, 1.82) is 0 Å². The fourth-order valence-corrected chi connectivity index (χ4v) is 1.75. The monoisotopic (exact) mass is 299 g/mol. The topological polar surface area (TPSA) is 95.1 Å². The lowest BCUT2D eigenvalue weighted by Gasteiger charge is -2.09. The highest BCUT2D eigenvalue weighted by molar-refractivity contribution is 6.32. The van der Waals surface area contributed by atoms with Gasteiger partial charge in [0.05, 0.1) is 25.0 Å². The van der Waals surface area contributed by atoms with E-state index in [1.807, 2.05) is 0 Å². The number of hydrogen-bond donors (Lipinski definition) is 1. The third-order valence-electron chi connectivity index (χ3n) is 2.56. The number of nitrogens with one attached hydrogen (secondary N) is 1. The molecule has 0 atom stereocenters. The molecule has 0 spiro atoms. The van der Waals surface area contributed by atoms with Crippen LogP contribution in [0.2, 0.25) is 5.02 Å². The largest absolute Gasteiger partial charge is 0.383 e. The van der Waals surface area contributed by atoms with Crippen molar-refractivity contribution in [2.75, 3.05) is 25.6 Å². The zero-order valence-corrected chi connectivity index (χ0v) is 11.6. The van der Waals surface area contributed by atoms with E-state index in [1.54, 1.807) is 7.11 Å². The van der Waals surface area contributed by atoms with Crippen LogP contribution < -0.4 is 10.9 Å². The van der Waals surface area contributed by atoms with Gasteiger partial charge in [-0.25, -0.2) is 4.68 Å². The standard InChI is InChI=1S/C11H14ClN5O3/c1-19-5-4-17-11(18)10(12)8(6-15-17)13-3-2-9-14-7-20-16-9/h6-7,13H,2-5H2,1H3. The predicted octanol–water partition coefficient (Wildman–Crippen LogP) is 0.581. The Labute approximate surface area is 119 Å². The minimum atomic E-state index is -0.353. The number of halogens is 1. The SMILES string of the molecule is COCCn1ncc(NCCc2ncon2)c(Cl)c1=O. The molecule has 0 aliphatic heterocycles. The maximum absolute atomic E-state index is 11.9. The van der Waals surface area contributed by atoms with Crippen LogP contribution in [0.1, 0.15) is 5.82 Å². The molecule has 8 nitrogen and oxygen atoms in total. The molecular formula is C11H14ClN5O3. The van der Waals surface area contributed by atoms with Gasteiger partial charge in [-0.05, 0) is 0 Å². The summed E-state index contributed by atoms with van der Waals surface area (Å²) < 4.78 is 10.8. The molecule has 0 bridgehead atoms. The van der Waals surface area contributed by atoms with Gasteiger partial charge in [0, 0.05) is 20.1 Å². The Bertz CT molecular complexity index is 599. The summed E-state index contributed by atoms with van der Waals surface area (Å²) in [7, 11) is 1.56. The third kappa shape index (κ3) is 3.55. The van der Waals surface area contributed by atoms with E-state index >= 15 is 0 Å². The molecule has 2 rings (SSSR count). The van der Waals surface area contributed by atoms with E-state index in [0.29, 0.717) is 37.6 Å². The summed E-state index contributed by atoms with van der Waals surface area (Å²) in [5, 5.41) is 10.8. The molecule has 0 unspecified atom stereocenters. The van der Waals surface area contributed by atoms with Crippen molar-refractivity contribution in [3.05, 3.63) is 33.8 Å². The average Bonchev–Trinajstić information content (AvgIpc) is 2.96. The molecule has 0 amide bonds. The van der Waals surface area contributed by atoms with Crippen LogP contribution >= 0.6 is 11.6 Å². The zero-order valence-electron chi connectivity index (χ0n) is 10.9. The molecule has 0 radical (unpaired) electrons. The van der Waals surface area contributed by atoms with Gasteiger partial charge in [-0.1, -0.05) is 16.8 Å². The summed E-state index contributed by atoms with van der Waals surface area (Å²) in [6.07, 6.45) is 3.33. The molecule has 2 aromatic rings. The summed E-state index contributed by atoms with van der Waals surface area (Å²) in [4.78, 5) is 15.8. The zero-order chi connectivity index (χ0) is 14.4. The summed E-state index contributed by atoms with van der Waals surface area (Å²) >= 11 is 6.01. The molecule has 2 heterocycles.